The van der Waals surface area contributed by atoms with E-state index in [1.165, 1.54) is 22.9 Å². The lowest BCUT2D eigenvalue weighted by Crippen LogP contribution is -2.31. The summed E-state index contributed by atoms with van der Waals surface area (Å²) in [6, 6.07) is 22.3. The number of hydrogen-bond acceptors (Lipinski definition) is 4. The van der Waals surface area contributed by atoms with Crippen molar-refractivity contribution in [1.82, 2.24) is 9.88 Å². The molecule has 1 aliphatic heterocycles. The number of ether oxygens (including phenoxy) is 1. The molecular weight excluding hydrogens is 478 g/mol. The zero-order valence-electron chi connectivity index (χ0n) is 19.8. The van der Waals surface area contributed by atoms with Gasteiger partial charge >= 0.3 is 0 Å². The van der Waals surface area contributed by atoms with Crippen LogP contribution in [0.3, 0.4) is 0 Å². The van der Waals surface area contributed by atoms with Gasteiger partial charge in [0.05, 0.1) is 17.7 Å². The third kappa shape index (κ3) is 4.77. The van der Waals surface area contributed by atoms with Gasteiger partial charge in [-0.15, -0.1) is 0 Å². The quantitative estimate of drug-likeness (QED) is 0.292. The van der Waals surface area contributed by atoms with Crippen molar-refractivity contribution in [2.24, 2.45) is 0 Å². The molecule has 1 aromatic heterocycles. The third-order valence-electron chi connectivity index (χ3n) is 6.16. The van der Waals surface area contributed by atoms with Gasteiger partial charge in [-0.05, 0) is 49.8 Å². The molecule has 0 radical (unpaired) electrons. The highest BCUT2D eigenvalue weighted by Gasteiger charge is 2.28. The van der Waals surface area contributed by atoms with Gasteiger partial charge in [0.15, 0.2) is 5.50 Å². The van der Waals surface area contributed by atoms with Crippen LogP contribution in [0.15, 0.2) is 71.6 Å². The summed E-state index contributed by atoms with van der Waals surface area (Å²) < 4.78 is 7.74. The van der Waals surface area contributed by atoms with Gasteiger partial charge in [0.25, 0.3) is 5.91 Å². The number of carbonyl (C=O) groups is 1. The van der Waals surface area contributed by atoms with E-state index in [4.69, 9.17) is 16.3 Å². The largest absolute Gasteiger partial charge is 0.495 e. The third-order valence-corrected chi connectivity index (χ3v) is 7.42. The van der Waals surface area contributed by atoms with E-state index in [1.807, 2.05) is 12.1 Å². The van der Waals surface area contributed by atoms with Gasteiger partial charge in [-0.2, -0.15) is 0 Å². The second-order valence-corrected chi connectivity index (χ2v) is 10.1. The Morgan fingerprint density at radius 3 is 2.74 bits per heavy atom. The number of halogens is 1. The van der Waals surface area contributed by atoms with Gasteiger partial charge in [-0.1, -0.05) is 71.4 Å². The molecule has 1 amide bonds. The number of nitrogens with one attached hydrogen (secondary N) is 2. The number of para-hydroxylation sites is 1. The predicted molar refractivity (Wildman–Crippen MR) is 146 cm³/mol. The summed E-state index contributed by atoms with van der Waals surface area (Å²) in [5.41, 5.74) is 6.23. The van der Waals surface area contributed by atoms with Gasteiger partial charge in [0.2, 0.25) is 0 Å². The molecule has 5 nitrogen and oxygen atoms in total. The van der Waals surface area contributed by atoms with Crippen LogP contribution >= 0.6 is 23.4 Å². The summed E-state index contributed by atoms with van der Waals surface area (Å²) in [5, 5.41) is 8.04. The number of rotatable bonds is 6. The molecule has 1 fully saturated rings. The first-order valence-corrected chi connectivity index (χ1v) is 12.6. The molecule has 1 atom stereocenters. The van der Waals surface area contributed by atoms with Crippen LogP contribution in [0.2, 0.25) is 5.02 Å². The number of thioether (sulfide) groups is 1. The predicted octanol–water partition coefficient (Wildman–Crippen LogP) is 6.57. The smallest absolute Gasteiger partial charge is 0.260 e. The fourth-order valence-electron chi connectivity index (χ4n) is 4.47. The molecule has 1 unspecified atom stereocenters. The Morgan fingerprint density at radius 1 is 1.11 bits per heavy atom. The number of carbonyl (C=O) groups excluding carboxylic acids is 1. The van der Waals surface area contributed by atoms with Gasteiger partial charge in [-0.25, -0.2) is 0 Å². The summed E-state index contributed by atoms with van der Waals surface area (Å²) in [6.45, 7) is 5.00. The Labute approximate surface area is 214 Å². The summed E-state index contributed by atoms with van der Waals surface area (Å²) in [4.78, 5) is 13.5. The van der Waals surface area contributed by atoms with Gasteiger partial charge in [0, 0.05) is 33.7 Å². The molecule has 5 rings (SSSR count). The normalized spacial score (nSPS) is 16.6. The topological polar surface area (TPSA) is 55.3 Å². The van der Waals surface area contributed by atoms with E-state index in [2.05, 4.69) is 71.5 Å². The molecule has 0 saturated carbocycles. The number of nitrogens with zero attached hydrogens (tertiary/aromatic N) is 1. The Balaban J connectivity index is 1.47. The molecule has 2 heterocycles. The standard InChI is InChI=1S/C28H26ClN3O2S/c1-17-7-6-8-19(13-17)16-32-18(2)22(21-9-4-5-10-24(21)32)15-26-27(33)31-28(35-26)30-23-14-20(29)11-12-25(23)34-3/h4-15,28,30H,16H2,1-3H3,(H,31,33)/b26-15-. The molecule has 0 spiro atoms. The van der Waals surface area contributed by atoms with E-state index < -0.39 is 0 Å². The number of hydrogen-bond donors (Lipinski definition) is 2. The second-order valence-electron chi connectivity index (χ2n) is 8.56. The lowest BCUT2D eigenvalue weighted by atomic mass is 10.1. The molecule has 0 aliphatic carbocycles. The van der Waals surface area contributed by atoms with Crippen LogP contribution in [0.4, 0.5) is 5.69 Å². The number of aryl methyl sites for hydroxylation is 1. The molecule has 1 saturated heterocycles. The first kappa shape index (κ1) is 23.4. The van der Waals surface area contributed by atoms with Crippen molar-refractivity contribution in [3.63, 3.8) is 0 Å². The van der Waals surface area contributed by atoms with E-state index in [9.17, 15) is 4.79 Å². The highest BCUT2D eigenvalue weighted by atomic mass is 35.5. The minimum Gasteiger partial charge on any atom is -0.495 e. The van der Waals surface area contributed by atoms with Crippen molar-refractivity contribution < 1.29 is 9.53 Å². The number of aromatic nitrogens is 1. The average Bonchev–Trinajstić information content (AvgIpc) is 3.31. The molecule has 1 aliphatic rings. The number of methoxy groups -OCH3 is 1. The second kappa shape index (κ2) is 9.72. The van der Waals surface area contributed by atoms with Crippen LogP contribution in [0.1, 0.15) is 22.4 Å². The molecule has 7 heteroatoms. The number of fused-ring (bicyclic) bond motifs is 1. The highest BCUT2D eigenvalue weighted by molar-refractivity contribution is 8.05. The fraction of sp³-hybridized carbons (Fsp3) is 0.179. The van der Waals surface area contributed by atoms with Gasteiger partial charge in [0.1, 0.15) is 5.75 Å². The maximum Gasteiger partial charge on any atom is 0.260 e. The molecule has 4 aromatic rings. The lowest BCUT2D eigenvalue weighted by Gasteiger charge is -2.15. The summed E-state index contributed by atoms with van der Waals surface area (Å²) in [7, 11) is 1.61. The monoisotopic (exact) mass is 503 g/mol. The fourth-order valence-corrected chi connectivity index (χ4v) is 5.60. The van der Waals surface area contributed by atoms with Crippen molar-refractivity contribution in [2.75, 3.05) is 12.4 Å². The number of benzene rings is 3. The van der Waals surface area contributed by atoms with E-state index in [-0.39, 0.29) is 11.4 Å². The van der Waals surface area contributed by atoms with Gasteiger partial charge in [-0.3, -0.25) is 4.79 Å². The Kier molecular flexibility index (Phi) is 6.50. The molecule has 2 N–H and O–H groups in total. The van der Waals surface area contributed by atoms with E-state index in [0.717, 1.165) is 34.4 Å². The van der Waals surface area contributed by atoms with Crippen LogP contribution in [-0.4, -0.2) is 23.1 Å². The summed E-state index contributed by atoms with van der Waals surface area (Å²) in [5.74, 6) is 0.556. The molecule has 0 bridgehead atoms. The van der Waals surface area contributed by atoms with Crippen molar-refractivity contribution in [2.45, 2.75) is 25.9 Å². The lowest BCUT2D eigenvalue weighted by molar-refractivity contribution is -0.116. The van der Waals surface area contributed by atoms with Crippen LogP contribution in [0, 0.1) is 13.8 Å². The van der Waals surface area contributed by atoms with E-state index in [1.54, 1.807) is 25.3 Å². The van der Waals surface area contributed by atoms with Crippen LogP contribution in [0.5, 0.6) is 5.75 Å². The van der Waals surface area contributed by atoms with E-state index >= 15 is 0 Å². The van der Waals surface area contributed by atoms with Crippen molar-refractivity contribution >= 4 is 51.9 Å². The zero-order valence-corrected chi connectivity index (χ0v) is 21.3. The van der Waals surface area contributed by atoms with Gasteiger partial charge < -0.3 is 19.9 Å². The van der Waals surface area contributed by atoms with Crippen LogP contribution in [-0.2, 0) is 11.3 Å². The van der Waals surface area contributed by atoms with Crippen molar-refractivity contribution in [3.8, 4) is 5.75 Å². The SMILES string of the molecule is COc1ccc(Cl)cc1NC1NC(=O)/C(=C/c2c(C)n(Cc3cccc(C)c3)c3ccccc23)S1. The number of anilines is 1. The average molecular weight is 504 g/mol. The Bertz CT molecular complexity index is 1460. The molecule has 178 valence electrons. The minimum atomic E-state index is -0.331. The Hall–Kier alpha value is -3.35. The maximum absolute atomic E-state index is 12.9. The number of amides is 1. The first-order chi connectivity index (χ1) is 16.9. The maximum atomic E-state index is 12.9. The first-order valence-electron chi connectivity index (χ1n) is 11.4. The van der Waals surface area contributed by atoms with Crippen molar-refractivity contribution in [1.29, 1.82) is 0 Å². The zero-order chi connectivity index (χ0) is 24.5. The summed E-state index contributed by atoms with van der Waals surface area (Å²) in [6.07, 6.45) is 2.00. The van der Waals surface area contributed by atoms with Crippen LogP contribution < -0.4 is 15.4 Å². The molecule has 3 aromatic carbocycles. The minimum absolute atomic E-state index is 0.108. The summed E-state index contributed by atoms with van der Waals surface area (Å²) >= 11 is 7.61. The molecule has 35 heavy (non-hydrogen) atoms. The van der Waals surface area contributed by atoms with Crippen LogP contribution in [0.25, 0.3) is 17.0 Å². The molecular formula is C28H26ClN3O2S. The van der Waals surface area contributed by atoms with Crippen molar-refractivity contribution in [3.05, 3.63) is 99.0 Å². The Morgan fingerprint density at radius 2 is 1.94 bits per heavy atom. The van der Waals surface area contributed by atoms with E-state index in [0.29, 0.717) is 15.7 Å². The highest BCUT2D eigenvalue weighted by Crippen LogP contribution is 2.36.